The second-order valence-corrected chi connectivity index (χ2v) is 10.1. The molecule has 1 fully saturated rings. The standard InChI is InChI=1S/C26H20Cl2N2O3S2/c27-21-11-8-19(15-22(21)28)29-24(31)16-33-20-9-6-18(7-10-20)14-23-25(32)30(26(34)35-23)13-12-17-4-2-1-3-5-17/h1-11,14-15H,12-13,16H2,(H,29,31)/b23-14-. The van der Waals surface area contributed by atoms with Gasteiger partial charge in [0.25, 0.3) is 11.8 Å². The smallest absolute Gasteiger partial charge is 0.266 e. The maximum absolute atomic E-state index is 12.8. The van der Waals surface area contributed by atoms with E-state index < -0.39 is 0 Å². The Kier molecular flexibility index (Phi) is 8.46. The van der Waals surface area contributed by atoms with Gasteiger partial charge in [0.2, 0.25) is 0 Å². The predicted molar refractivity (Wildman–Crippen MR) is 147 cm³/mol. The molecule has 9 heteroatoms. The lowest BCUT2D eigenvalue weighted by Gasteiger charge is -2.14. The van der Waals surface area contributed by atoms with Crippen LogP contribution in [0.2, 0.25) is 10.0 Å². The lowest BCUT2D eigenvalue weighted by atomic mass is 10.1. The van der Waals surface area contributed by atoms with Gasteiger partial charge < -0.3 is 10.1 Å². The summed E-state index contributed by atoms with van der Waals surface area (Å²) >= 11 is 18.6. The van der Waals surface area contributed by atoms with E-state index in [2.05, 4.69) is 5.32 Å². The Morgan fingerprint density at radius 2 is 1.77 bits per heavy atom. The van der Waals surface area contributed by atoms with Crippen LogP contribution in [0.15, 0.2) is 77.7 Å². The van der Waals surface area contributed by atoms with Crippen LogP contribution in [0.25, 0.3) is 6.08 Å². The van der Waals surface area contributed by atoms with E-state index in [9.17, 15) is 9.59 Å². The van der Waals surface area contributed by atoms with Crippen LogP contribution >= 0.6 is 47.2 Å². The number of thiocarbonyl (C=S) groups is 1. The van der Waals surface area contributed by atoms with E-state index in [0.717, 1.165) is 17.5 Å². The van der Waals surface area contributed by atoms with Gasteiger partial charge in [-0.25, -0.2) is 0 Å². The Bertz CT molecular complexity index is 1280. The molecule has 0 radical (unpaired) electrons. The van der Waals surface area contributed by atoms with Crippen molar-refractivity contribution in [3.05, 3.63) is 98.9 Å². The van der Waals surface area contributed by atoms with Crippen LogP contribution in [0.3, 0.4) is 0 Å². The Morgan fingerprint density at radius 1 is 1.03 bits per heavy atom. The summed E-state index contributed by atoms with van der Waals surface area (Å²) in [6.07, 6.45) is 2.55. The van der Waals surface area contributed by atoms with E-state index in [1.54, 1.807) is 35.2 Å². The van der Waals surface area contributed by atoms with Gasteiger partial charge in [0.05, 0.1) is 15.0 Å². The third-order valence-corrected chi connectivity index (χ3v) is 7.21. The zero-order chi connectivity index (χ0) is 24.8. The number of thioether (sulfide) groups is 1. The first-order valence-electron chi connectivity index (χ1n) is 10.7. The number of carbonyl (C=O) groups is 2. The average Bonchev–Trinajstić information content (AvgIpc) is 3.12. The first-order valence-corrected chi connectivity index (χ1v) is 12.6. The van der Waals surface area contributed by atoms with E-state index in [4.69, 9.17) is 40.2 Å². The molecule has 3 aromatic rings. The molecule has 35 heavy (non-hydrogen) atoms. The van der Waals surface area contributed by atoms with Crippen LogP contribution in [-0.2, 0) is 16.0 Å². The number of benzene rings is 3. The molecule has 1 aliphatic heterocycles. The molecule has 1 N–H and O–H groups in total. The number of hydrogen-bond donors (Lipinski definition) is 1. The van der Waals surface area contributed by atoms with Gasteiger partial charge in [-0.2, -0.15) is 0 Å². The van der Waals surface area contributed by atoms with Crippen LogP contribution in [0.1, 0.15) is 11.1 Å². The maximum atomic E-state index is 12.8. The fourth-order valence-electron chi connectivity index (χ4n) is 3.31. The van der Waals surface area contributed by atoms with Crippen LogP contribution < -0.4 is 10.1 Å². The minimum atomic E-state index is -0.327. The highest BCUT2D eigenvalue weighted by Gasteiger charge is 2.31. The molecule has 3 aromatic carbocycles. The van der Waals surface area contributed by atoms with Crippen molar-refractivity contribution >= 4 is 75.1 Å². The SMILES string of the molecule is O=C(COc1ccc(/C=C2\SC(=S)N(CCc3ccccc3)C2=O)cc1)Nc1ccc(Cl)c(Cl)c1. The van der Waals surface area contributed by atoms with Crippen LogP contribution in [0.4, 0.5) is 5.69 Å². The summed E-state index contributed by atoms with van der Waals surface area (Å²) in [5.74, 6) is 0.115. The Labute approximate surface area is 223 Å². The number of amides is 2. The monoisotopic (exact) mass is 542 g/mol. The van der Waals surface area contributed by atoms with Crippen LogP contribution in [0.5, 0.6) is 5.75 Å². The van der Waals surface area contributed by atoms with Crippen LogP contribution in [-0.4, -0.2) is 34.2 Å². The van der Waals surface area contributed by atoms with E-state index in [0.29, 0.717) is 37.3 Å². The molecule has 0 spiro atoms. The number of rotatable bonds is 8. The topological polar surface area (TPSA) is 58.6 Å². The van der Waals surface area contributed by atoms with Gasteiger partial charge in [0.1, 0.15) is 10.1 Å². The summed E-state index contributed by atoms with van der Waals surface area (Å²) in [6.45, 7) is 0.378. The first kappa shape index (κ1) is 25.3. The van der Waals surface area contributed by atoms with Gasteiger partial charge in [0, 0.05) is 12.2 Å². The maximum Gasteiger partial charge on any atom is 0.266 e. The van der Waals surface area contributed by atoms with Crippen molar-refractivity contribution in [2.24, 2.45) is 0 Å². The fourth-order valence-corrected chi connectivity index (χ4v) is 4.92. The Hall–Kier alpha value is -2.84. The molecule has 1 saturated heterocycles. The van der Waals surface area contributed by atoms with Gasteiger partial charge in [-0.15, -0.1) is 0 Å². The molecule has 1 heterocycles. The molecule has 5 nitrogen and oxygen atoms in total. The number of nitrogens with one attached hydrogen (secondary N) is 1. The van der Waals surface area contributed by atoms with Crippen molar-refractivity contribution in [1.29, 1.82) is 0 Å². The minimum Gasteiger partial charge on any atom is -0.484 e. The zero-order valence-electron chi connectivity index (χ0n) is 18.4. The molecule has 4 rings (SSSR count). The molecule has 0 atom stereocenters. The largest absolute Gasteiger partial charge is 0.484 e. The highest BCUT2D eigenvalue weighted by Crippen LogP contribution is 2.33. The summed E-state index contributed by atoms with van der Waals surface area (Å²) in [4.78, 5) is 27.2. The number of nitrogens with zero attached hydrogens (tertiary/aromatic N) is 1. The average molecular weight is 543 g/mol. The molecule has 1 aliphatic rings. The zero-order valence-corrected chi connectivity index (χ0v) is 21.5. The summed E-state index contributed by atoms with van der Waals surface area (Å²) in [6, 6.07) is 22.0. The van der Waals surface area contributed by atoms with Crippen molar-refractivity contribution in [1.82, 2.24) is 4.90 Å². The van der Waals surface area contributed by atoms with Gasteiger partial charge in [-0.1, -0.05) is 89.6 Å². The molecular weight excluding hydrogens is 523 g/mol. The number of halogens is 2. The molecular formula is C26H20Cl2N2O3S2. The van der Waals surface area contributed by atoms with Crippen molar-refractivity contribution in [3.63, 3.8) is 0 Å². The molecule has 0 aromatic heterocycles. The van der Waals surface area contributed by atoms with Gasteiger partial charge >= 0.3 is 0 Å². The second kappa shape index (κ2) is 11.7. The highest BCUT2D eigenvalue weighted by molar-refractivity contribution is 8.26. The normalized spacial score (nSPS) is 14.5. The van der Waals surface area contributed by atoms with Crippen molar-refractivity contribution in [2.75, 3.05) is 18.5 Å². The lowest BCUT2D eigenvalue weighted by Crippen LogP contribution is -2.30. The fraction of sp³-hybridized carbons (Fsp3) is 0.115. The second-order valence-electron chi connectivity index (χ2n) is 7.60. The van der Waals surface area contributed by atoms with E-state index in [-0.39, 0.29) is 18.4 Å². The van der Waals surface area contributed by atoms with Gasteiger partial charge in [-0.3, -0.25) is 14.5 Å². The van der Waals surface area contributed by atoms with E-state index >= 15 is 0 Å². The molecule has 0 saturated carbocycles. The number of ether oxygens (including phenoxy) is 1. The quantitative estimate of drug-likeness (QED) is 0.261. The minimum absolute atomic E-state index is 0.0877. The Balaban J connectivity index is 1.30. The third kappa shape index (κ3) is 6.86. The van der Waals surface area contributed by atoms with Crippen LogP contribution in [0, 0.1) is 0 Å². The van der Waals surface area contributed by atoms with E-state index in [1.807, 2.05) is 48.5 Å². The van der Waals surface area contributed by atoms with Crippen molar-refractivity contribution < 1.29 is 14.3 Å². The Morgan fingerprint density at radius 3 is 2.49 bits per heavy atom. The molecule has 0 bridgehead atoms. The summed E-state index contributed by atoms with van der Waals surface area (Å²) < 4.78 is 6.12. The number of hydrogen-bond acceptors (Lipinski definition) is 5. The number of anilines is 1. The predicted octanol–water partition coefficient (Wildman–Crippen LogP) is 6.45. The number of carbonyl (C=O) groups excluding carboxylic acids is 2. The van der Waals surface area contributed by atoms with Crippen molar-refractivity contribution in [3.8, 4) is 5.75 Å². The molecule has 0 aliphatic carbocycles. The highest BCUT2D eigenvalue weighted by atomic mass is 35.5. The van der Waals surface area contributed by atoms with Gasteiger partial charge in [-0.05, 0) is 54.0 Å². The summed E-state index contributed by atoms with van der Waals surface area (Å²) in [5, 5.41) is 3.47. The van der Waals surface area contributed by atoms with Crippen molar-refractivity contribution in [2.45, 2.75) is 6.42 Å². The molecule has 178 valence electrons. The summed E-state index contributed by atoms with van der Waals surface area (Å²) in [7, 11) is 0. The summed E-state index contributed by atoms with van der Waals surface area (Å²) in [5.41, 5.74) is 2.53. The lowest BCUT2D eigenvalue weighted by molar-refractivity contribution is -0.122. The molecule has 2 amide bonds. The first-order chi connectivity index (χ1) is 16.9. The van der Waals surface area contributed by atoms with Gasteiger partial charge in [0.15, 0.2) is 6.61 Å². The van der Waals surface area contributed by atoms with E-state index in [1.165, 1.54) is 11.8 Å². The third-order valence-electron chi connectivity index (χ3n) is 5.09. The molecule has 0 unspecified atom stereocenters.